The predicted octanol–water partition coefficient (Wildman–Crippen LogP) is 2.50. The van der Waals surface area contributed by atoms with Crippen LogP contribution in [0.2, 0.25) is 0 Å². The zero-order valence-corrected chi connectivity index (χ0v) is 8.79. The van der Waals surface area contributed by atoms with E-state index in [2.05, 4.69) is 20.8 Å². The van der Waals surface area contributed by atoms with E-state index in [4.69, 9.17) is 5.73 Å². The van der Waals surface area contributed by atoms with Crippen LogP contribution >= 0.6 is 11.8 Å². The molecule has 0 aromatic rings. The Kier molecular flexibility index (Phi) is 7.18. The van der Waals surface area contributed by atoms with Gasteiger partial charge < -0.3 is 5.73 Å². The highest BCUT2D eigenvalue weighted by atomic mass is 32.2. The summed E-state index contributed by atoms with van der Waals surface area (Å²) in [6.07, 6.45) is 2.62. The molecule has 0 aromatic carbocycles. The molecule has 0 aliphatic rings. The number of rotatable bonds is 6. The molecule has 0 spiro atoms. The minimum atomic E-state index is 0.386. The molecular formula is C9H21NS. The van der Waals surface area contributed by atoms with Gasteiger partial charge in [-0.2, -0.15) is 11.8 Å². The average Bonchev–Trinajstić information content (AvgIpc) is 1.97. The van der Waals surface area contributed by atoms with Crippen molar-refractivity contribution in [1.82, 2.24) is 0 Å². The van der Waals surface area contributed by atoms with E-state index in [0.717, 1.165) is 5.75 Å². The van der Waals surface area contributed by atoms with Crippen molar-refractivity contribution in [2.45, 2.75) is 39.7 Å². The minimum absolute atomic E-state index is 0.386. The molecule has 0 rings (SSSR count). The molecule has 0 radical (unpaired) electrons. The monoisotopic (exact) mass is 175 g/mol. The second-order valence-electron chi connectivity index (χ2n) is 3.34. The molecule has 1 atom stereocenters. The number of unbranched alkanes of at least 4 members (excludes halogenated alkanes) is 1. The third-order valence-corrected chi connectivity index (χ3v) is 3.01. The van der Waals surface area contributed by atoms with Gasteiger partial charge in [0.15, 0.2) is 0 Å². The van der Waals surface area contributed by atoms with Crippen molar-refractivity contribution in [1.29, 1.82) is 0 Å². The van der Waals surface area contributed by atoms with Gasteiger partial charge in [-0.25, -0.2) is 0 Å². The highest BCUT2D eigenvalue weighted by Gasteiger charge is 2.05. The lowest BCUT2D eigenvalue weighted by molar-refractivity contribution is 0.535. The summed E-state index contributed by atoms with van der Waals surface area (Å²) in [6, 6.07) is 0.386. The zero-order valence-electron chi connectivity index (χ0n) is 7.97. The average molecular weight is 175 g/mol. The molecule has 0 bridgehead atoms. The van der Waals surface area contributed by atoms with Crippen LogP contribution in [0.5, 0.6) is 0 Å². The second-order valence-corrected chi connectivity index (χ2v) is 4.49. The lowest BCUT2D eigenvalue weighted by Crippen LogP contribution is -2.28. The summed E-state index contributed by atoms with van der Waals surface area (Å²) in [4.78, 5) is 0. The van der Waals surface area contributed by atoms with Crippen molar-refractivity contribution in [3.8, 4) is 0 Å². The van der Waals surface area contributed by atoms with E-state index in [-0.39, 0.29) is 0 Å². The van der Waals surface area contributed by atoms with E-state index in [1.165, 1.54) is 18.6 Å². The van der Waals surface area contributed by atoms with Crippen LogP contribution < -0.4 is 5.73 Å². The molecule has 1 unspecified atom stereocenters. The van der Waals surface area contributed by atoms with Crippen LogP contribution in [0.25, 0.3) is 0 Å². The second kappa shape index (κ2) is 6.99. The molecular weight excluding hydrogens is 154 g/mol. The molecule has 0 heterocycles. The predicted molar refractivity (Wildman–Crippen MR) is 55.0 cm³/mol. The van der Waals surface area contributed by atoms with E-state index in [9.17, 15) is 0 Å². The summed E-state index contributed by atoms with van der Waals surface area (Å²) in [7, 11) is 0. The molecule has 2 N–H and O–H groups in total. The van der Waals surface area contributed by atoms with Crippen LogP contribution in [0.15, 0.2) is 0 Å². The minimum Gasteiger partial charge on any atom is -0.327 e. The van der Waals surface area contributed by atoms with Gasteiger partial charge in [-0.3, -0.25) is 0 Å². The summed E-state index contributed by atoms with van der Waals surface area (Å²) < 4.78 is 0. The van der Waals surface area contributed by atoms with Gasteiger partial charge in [-0.1, -0.05) is 27.2 Å². The number of hydrogen-bond donors (Lipinski definition) is 1. The van der Waals surface area contributed by atoms with Crippen LogP contribution in [0, 0.1) is 5.92 Å². The molecule has 0 saturated carbocycles. The normalized spacial score (nSPS) is 13.9. The van der Waals surface area contributed by atoms with Gasteiger partial charge >= 0.3 is 0 Å². The zero-order chi connectivity index (χ0) is 8.69. The molecule has 0 aliphatic heterocycles. The maximum absolute atomic E-state index is 5.88. The van der Waals surface area contributed by atoms with Gasteiger partial charge in [0.2, 0.25) is 0 Å². The maximum atomic E-state index is 5.88. The third-order valence-electron chi connectivity index (χ3n) is 1.81. The molecule has 11 heavy (non-hydrogen) atoms. The quantitative estimate of drug-likeness (QED) is 0.628. The van der Waals surface area contributed by atoms with Crippen molar-refractivity contribution in [3.05, 3.63) is 0 Å². The molecule has 2 heteroatoms. The van der Waals surface area contributed by atoms with Gasteiger partial charge in [-0.15, -0.1) is 0 Å². The van der Waals surface area contributed by atoms with Crippen molar-refractivity contribution < 1.29 is 0 Å². The fourth-order valence-electron chi connectivity index (χ4n) is 0.658. The third kappa shape index (κ3) is 6.70. The molecule has 68 valence electrons. The van der Waals surface area contributed by atoms with Crippen molar-refractivity contribution in [2.75, 3.05) is 11.5 Å². The fourth-order valence-corrected chi connectivity index (χ4v) is 1.97. The molecule has 1 nitrogen and oxygen atoms in total. The van der Waals surface area contributed by atoms with Gasteiger partial charge in [0.05, 0.1) is 0 Å². The lowest BCUT2D eigenvalue weighted by Gasteiger charge is -2.14. The smallest absolute Gasteiger partial charge is 0.0153 e. The highest BCUT2D eigenvalue weighted by molar-refractivity contribution is 7.99. The first kappa shape index (κ1) is 11.3. The van der Waals surface area contributed by atoms with E-state index in [1.54, 1.807) is 0 Å². The van der Waals surface area contributed by atoms with E-state index in [1.807, 2.05) is 11.8 Å². The van der Waals surface area contributed by atoms with Gasteiger partial charge in [-0.05, 0) is 18.1 Å². The summed E-state index contributed by atoms with van der Waals surface area (Å²) >= 11 is 1.99. The first-order valence-electron chi connectivity index (χ1n) is 4.51. The van der Waals surface area contributed by atoms with Gasteiger partial charge in [0, 0.05) is 11.8 Å². The Hall–Kier alpha value is 0.310. The molecule has 0 amide bonds. The van der Waals surface area contributed by atoms with Crippen molar-refractivity contribution in [2.24, 2.45) is 11.7 Å². The highest BCUT2D eigenvalue weighted by Crippen LogP contribution is 2.09. The fraction of sp³-hybridized carbons (Fsp3) is 1.00. The maximum Gasteiger partial charge on any atom is 0.0153 e. The summed E-state index contributed by atoms with van der Waals surface area (Å²) in [6.45, 7) is 6.60. The standard InChI is InChI=1S/C9H21NS/c1-4-5-6-11-7-9(10)8(2)3/h8-9H,4-7,10H2,1-3H3. The Morgan fingerprint density at radius 1 is 1.36 bits per heavy atom. The topological polar surface area (TPSA) is 26.0 Å². The first-order chi connectivity index (χ1) is 5.18. The van der Waals surface area contributed by atoms with Crippen molar-refractivity contribution in [3.63, 3.8) is 0 Å². The number of nitrogens with two attached hydrogens (primary N) is 1. The van der Waals surface area contributed by atoms with Crippen LogP contribution in [-0.4, -0.2) is 17.5 Å². The van der Waals surface area contributed by atoms with E-state index >= 15 is 0 Å². The Labute approximate surface area is 75.1 Å². The number of hydrogen-bond acceptors (Lipinski definition) is 2. The Balaban J connectivity index is 3.10. The number of thioether (sulfide) groups is 1. The first-order valence-corrected chi connectivity index (χ1v) is 5.67. The summed E-state index contributed by atoms with van der Waals surface area (Å²) in [5.74, 6) is 3.03. The molecule has 0 saturated heterocycles. The Morgan fingerprint density at radius 3 is 2.45 bits per heavy atom. The summed E-state index contributed by atoms with van der Waals surface area (Å²) in [5, 5.41) is 0. The van der Waals surface area contributed by atoms with Crippen LogP contribution in [0.1, 0.15) is 33.6 Å². The molecule has 0 fully saturated rings. The van der Waals surface area contributed by atoms with E-state index in [0.29, 0.717) is 12.0 Å². The van der Waals surface area contributed by atoms with E-state index < -0.39 is 0 Å². The SMILES string of the molecule is CCCCSCC(N)C(C)C. The largest absolute Gasteiger partial charge is 0.327 e. The van der Waals surface area contributed by atoms with Gasteiger partial charge in [0.25, 0.3) is 0 Å². The lowest BCUT2D eigenvalue weighted by atomic mass is 10.1. The summed E-state index contributed by atoms with van der Waals surface area (Å²) in [5.41, 5.74) is 5.88. The molecule has 0 aromatic heterocycles. The Bertz CT molecular complexity index is 83.6. The van der Waals surface area contributed by atoms with Crippen LogP contribution in [-0.2, 0) is 0 Å². The van der Waals surface area contributed by atoms with Gasteiger partial charge in [0.1, 0.15) is 0 Å². The van der Waals surface area contributed by atoms with Crippen LogP contribution in [0.4, 0.5) is 0 Å². The van der Waals surface area contributed by atoms with Crippen molar-refractivity contribution >= 4 is 11.8 Å². The Morgan fingerprint density at radius 2 is 2.00 bits per heavy atom. The van der Waals surface area contributed by atoms with Crippen LogP contribution in [0.3, 0.4) is 0 Å². The molecule has 0 aliphatic carbocycles.